The molecule has 0 radical (unpaired) electrons. The van der Waals surface area contributed by atoms with Gasteiger partial charge >= 0.3 is 6.03 Å². The van der Waals surface area contributed by atoms with E-state index in [2.05, 4.69) is 27.4 Å². The highest BCUT2D eigenvalue weighted by Crippen LogP contribution is 2.24. The van der Waals surface area contributed by atoms with E-state index in [1.54, 1.807) is 0 Å². The SMILES string of the molecule is CCOc1ccccc1NC(=O)N1CCN(Cc2cc3ccccn3n2)CC1. The number of aromatic nitrogens is 2. The second-order valence-corrected chi connectivity index (χ2v) is 6.83. The number of benzene rings is 1. The van der Waals surface area contributed by atoms with Crippen LogP contribution in [0.4, 0.5) is 10.5 Å². The van der Waals surface area contributed by atoms with Gasteiger partial charge in [0.1, 0.15) is 5.75 Å². The second-order valence-electron chi connectivity index (χ2n) is 6.83. The monoisotopic (exact) mass is 379 g/mol. The lowest BCUT2D eigenvalue weighted by molar-refractivity contribution is 0.142. The maximum atomic E-state index is 12.6. The predicted octanol–water partition coefficient (Wildman–Crippen LogP) is 3.08. The summed E-state index contributed by atoms with van der Waals surface area (Å²) in [5, 5.41) is 7.59. The van der Waals surface area contributed by atoms with Crippen LogP contribution in [-0.4, -0.2) is 58.2 Å². The van der Waals surface area contributed by atoms with Crippen LogP contribution < -0.4 is 10.1 Å². The topological polar surface area (TPSA) is 62.1 Å². The van der Waals surface area contributed by atoms with Gasteiger partial charge in [-0.05, 0) is 37.3 Å². The molecule has 0 unspecified atom stereocenters. The van der Waals surface area contributed by atoms with Crippen LogP contribution in [0.1, 0.15) is 12.6 Å². The molecule has 2 aromatic heterocycles. The zero-order valence-corrected chi connectivity index (χ0v) is 16.0. The van der Waals surface area contributed by atoms with Crippen LogP contribution in [-0.2, 0) is 6.54 Å². The molecule has 0 aliphatic carbocycles. The van der Waals surface area contributed by atoms with Crippen LogP contribution in [0.25, 0.3) is 5.52 Å². The number of amides is 2. The number of pyridine rings is 1. The van der Waals surface area contributed by atoms with Crippen LogP contribution in [0.15, 0.2) is 54.7 Å². The number of carbonyl (C=O) groups is 1. The van der Waals surface area contributed by atoms with Crippen molar-refractivity contribution in [2.75, 3.05) is 38.1 Å². The fraction of sp³-hybridized carbons (Fsp3) is 0.333. The Hall–Kier alpha value is -3.06. The number of rotatable bonds is 5. The Kier molecular flexibility index (Phi) is 5.43. The number of nitrogens with zero attached hydrogens (tertiary/aromatic N) is 4. The summed E-state index contributed by atoms with van der Waals surface area (Å²) in [6.07, 6.45) is 1.96. The normalized spacial score (nSPS) is 15.0. The Labute approximate surface area is 164 Å². The van der Waals surface area contributed by atoms with Crippen molar-refractivity contribution in [3.63, 3.8) is 0 Å². The van der Waals surface area contributed by atoms with Crippen LogP contribution in [0.5, 0.6) is 5.75 Å². The number of para-hydroxylation sites is 2. The maximum absolute atomic E-state index is 12.6. The number of piperazine rings is 1. The maximum Gasteiger partial charge on any atom is 0.322 e. The van der Waals surface area contributed by atoms with E-state index in [4.69, 9.17) is 4.74 Å². The number of urea groups is 1. The Morgan fingerprint density at radius 1 is 1.11 bits per heavy atom. The number of anilines is 1. The van der Waals surface area contributed by atoms with E-state index in [0.717, 1.165) is 30.8 Å². The molecule has 1 fully saturated rings. The molecular weight excluding hydrogens is 354 g/mol. The second kappa shape index (κ2) is 8.31. The quantitative estimate of drug-likeness (QED) is 0.740. The van der Waals surface area contributed by atoms with Gasteiger partial charge in [-0.25, -0.2) is 9.31 Å². The Morgan fingerprint density at radius 3 is 2.68 bits per heavy atom. The molecule has 1 aromatic carbocycles. The summed E-state index contributed by atoms with van der Waals surface area (Å²) in [6, 6.07) is 15.6. The van der Waals surface area contributed by atoms with Gasteiger partial charge < -0.3 is 15.0 Å². The number of hydrogen-bond donors (Lipinski definition) is 1. The minimum absolute atomic E-state index is 0.0838. The van der Waals surface area contributed by atoms with Gasteiger partial charge in [0, 0.05) is 38.9 Å². The van der Waals surface area contributed by atoms with Gasteiger partial charge in [0.25, 0.3) is 0 Å². The van der Waals surface area contributed by atoms with Crippen molar-refractivity contribution in [1.82, 2.24) is 19.4 Å². The van der Waals surface area contributed by atoms with Crippen molar-refractivity contribution in [3.8, 4) is 5.75 Å². The molecule has 0 atom stereocenters. The lowest BCUT2D eigenvalue weighted by atomic mass is 10.2. The average molecular weight is 379 g/mol. The van der Waals surface area contributed by atoms with Crippen LogP contribution in [0, 0.1) is 0 Å². The summed E-state index contributed by atoms with van der Waals surface area (Å²) in [6.45, 7) is 6.33. The first-order valence-electron chi connectivity index (χ1n) is 9.66. The van der Waals surface area contributed by atoms with Crippen molar-refractivity contribution in [1.29, 1.82) is 0 Å². The zero-order chi connectivity index (χ0) is 19.3. The van der Waals surface area contributed by atoms with Gasteiger partial charge in [-0.2, -0.15) is 5.10 Å². The Bertz CT molecular complexity index is 914. The molecule has 1 saturated heterocycles. The Morgan fingerprint density at radius 2 is 1.89 bits per heavy atom. The van der Waals surface area contributed by atoms with E-state index < -0.39 is 0 Å². The van der Waals surface area contributed by atoms with Crippen LogP contribution in [0.3, 0.4) is 0 Å². The number of ether oxygens (including phenoxy) is 1. The first-order valence-corrected chi connectivity index (χ1v) is 9.66. The van der Waals surface area contributed by atoms with E-state index >= 15 is 0 Å². The van der Waals surface area contributed by atoms with E-state index in [1.165, 1.54) is 0 Å². The molecule has 146 valence electrons. The fourth-order valence-electron chi connectivity index (χ4n) is 3.45. The molecular formula is C21H25N5O2. The first kappa shape index (κ1) is 18.3. The number of fused-ring (bicyclic) bond motifs is 1. The standard InChI is InChI=1S/C21H25N5O2/c1-2-28-20-9-4-3-8-19(20)22-21(27)25-13-11-24(12-14-25)16-17-15-18-7-5-6-10-26(18)23-17/h3-10,15H,2,11-14,16H2,1H3,(H,22,27). The highest BCUT2D eigenvalue weighted by atomic mass is 16.5. The number of nitrogens with one attached hydrogen (secondary N) is 1. The lowest BCUT2D eigenvalue weighted by Gasteiger charge is -2.34. The van der Waals surface area contributed by atoms with Gasteiger partial charge in [0.2, 0.25) is 0 Å². The lowest BCUT2D eigenvalue weighted by Crippen LogP contribution is -2.49. The summed E-state index contributed by atoms with van der Waals surface area (Å²) in [4.78, 5) is 16.8. The van der Waals surface area contributed by atoms with E-state index in [-0.39, 0.29) is 6.03 Å². The van der Waals surface area contributed by atoms with Crippen molar-refractivity contribution in [2.24, 2.45) is 0 Å². The van der Waals surface area contributed by atoms with Crippen molar-refractivity contribution < 1.29 is 9.53 Å². The average Bonchev–Trinajstić information content (AvgIpc) is 3.12. The third-order valence-electron chi connectivity index (χ3n) is 4.89. The van der Waals surface area contributed by atoms with Crippen molar-refractivity contribution in [3.05, 3.63) is 60.4 Å². The molecule has 4 rings (SSSR count). The van der Waals surface area contributed by atoms with Crippen molar-refractivity contribution >= 4 is 17.2 Å². The Balaban J connectivity index is 1.31. The predicted molar refractivity (Wildman–Crippen MR) is 109 cm³/mol. The van der Waals surface area contributed by atoms with Crippen molar-refractivity contribution in [2.45, 2.75) is 13.5 Å². The first-order chi connectivity index (χ1) is 13.7. The molecule has 3 heterocycles. The third kappa shape index (κ3) is 4.09. The smallest absolute Gasteiger partial charge is 0.322 e. The summed E-state index contributed by atoms with van der Waals surface area (Å²) in [7, 11) is 0. The summed E-state index contributed by atoms with van der Waals surface area (Å²) in [5.41, 5.74) is 2.86. The highest BCUT2D eigenvalue weighted by Gasteiger charge is 2.22. The number of hydrogen-bond acceptors (Lipinski definition) is 4. The van der Waals surface area contributed by atoms with Crippen LogP contribution >= 0.6 is 0 Å². The molecule has 1 aliphatic rings. The summed E-state index contributed by atoms with van der Waals surface area (Å²) < 4.78 is 7.48. The fourth-order valence-corrected chi connectivity index (χ4v) is 3.45. The van der Waals surface area contributed by atoms with Crippen LogP contribution in [0.2, 0.25) is 0 Å². The molecule has 2 amide bonds. The highest BCUT2D eigenvalue weighted by molar-refractivity contribution is 5.91. The molecule has 0 spiro atoms. The molecule has 0 saturated carbocycles. The third-order valence-corrected chi connectivity index (χ3v) is 4.89. The van der Waals surface area contributed by atoms with E-state index in [9.17, 15) is 4.79 Å². The molecule has 7 nitrogen and oxygen atoms in total. The molecule has 1 aliphatic heterocycles. The minimum Gasteiger partial charge on any atom is -0.492 e. The van der Waals surface area contributed by atoms with Gasteiger partial charge in [-0.1, -0.05) is 18.2 Å². The van der Waals surface area contributed by atoms with Gasteiger partial charge in [-0.3, -0.25) is 4.90 Å². The van der Waals surface area contributed by atoms with Gasteiger partial charge in [0.05, 0.1) is 23.5 Å². The molecule has 0 bridgehead atoms. The number of carbonyl (C=O) groups excluding carboxylic acids is 1. The van der Waals surface area contributed by atoms with Gasteiger partial charge in [0.15, 0.2) is 0 Å². The zero-order valence-electron chi connectivity index (χ0n) is 16.0. The largest absolute Gasteiger partial charge is 0.492 e. The van der Waals surface area contributed by atoms with E-state index in [1.807, 2.05) is 58.9 Å². The molecule has 1 N–H and O–H groups in total. The molecule has 3 aromatic rings. The molecule has 28 heavy (non-hydrogen) atoms. The molecule has 7 heteroatoms. The minimum atomic E-state index is -0.0838. The summed E-state index contributed by atoms with van der Waals surface area (Å²) >= 11 is 0. The van der Waals surface area contributed by atoms with Gasteiger partial charge in [-0.15, -0.1) is 0 Å². The van der Waals surface area contributed by atoms with E-state index in [0.29, 0.717) is 31.1 Å². The summed E-state index contributed by atoms with van der Waals surface area (Å²) in [5.74, 6) is 0.698.